The SMILES string of the molecule is CCCCN(C)C(=O)C1CCN(C(=O)Nc2cccc(C#N)c2)CC1. The fraction of sp³-hybridized carbons (Fsp3) is 0.526. The summed E-state index contributed by atoms with van der Waals surface area (Å²) < 4.78 is 0. The second kappa shape index (κ2) is 9.07. The number of nitrogens with one attached hydrogen (secondary N) is 1. The summed E-state index contributed by atoms with van der Waals surface area (Å²) in [4.78, 5) is 28.3. The number of hydrogen-bond donors (Lipinski definition) is 1. The molecule has 3 amide bonds. The molecule has 1 fully saturated rings. The topological polar surface area (TPSA) is 76.4 Å². The third-order valence-corrected chi connectivity index (χ3v) is 4.60. The Labute approximate surface area is 149 Å². The Morgan fingerprint density at radius 2 is 2.08 bits per heavy atom. The van der Waals surface area contributed by atoms with Gasteiger partial charge in [-0.3, -0.25) is 4.79 Å². The Hall–Kier alpha value is -2.55. The van der Waals surface area contributed by atoms with E-state index in [9.17, 15) is 9.59 Å². The highest BCUT2D eigenvalue weighted by atomic mass is 16.2. The van der Waals surface area contributed by atoms with Gasteiger partial charge in [0, 0.05) is 38.3 Å². The van der Waals surface area contributed by atoms with E-state index in [1.165, 1.54) is 0 Å². The van der Waals surface area contributed by atoms with Gasteiger partial charge in [0.05, 0.1) is 11.6 Å². The van der Waals surface area contributed by atoms with Gasteiger partial charge in [0.2, 0.25) is 5.91 Å². The lowest BCUT2D eigenvalue weighted by molar-refractivity contribution is -0.135. The minimum atomic E-state index is -0.180. The minimum Gasteiger partial charge on any atom is -0.346 e. The van der Waals surface area contributed by atoms with Gasteiger partial charge < -0.3 is 15.1 Å². The maximum Gasteiger partial charge on any atom is 0.321 e. The number of nitriles is 1. The average Bonchev–Trinajstić information content (AvgIpc) is 2.65. The van der Waals surface area contributed by atoms with Gasteiger partial charge in [-0.2, -0.15) is 5.26 Å². The van der Waals surface area contributed by atoms with Gasteiger partial charge in [0.1, 0.15) is 0 Å². The summed E-state index contributed by atoms with van der Waals surface area (Å²) in [5.74, 6) is 0.197. The fourth-order valence-electron chi connectivity index (χ4n) is 3.02. The molecule has 0 saturated carbocycles. The lowest BCUT2D eigenvalue weighted by atomic mass is 9.95. The molecule has 0 spiro atoms. The predicted octanol–water partition coefficient (Wildman–Crippen LogP) is 3.06. The molecule has 0 unspecified atom stereocenters. The van der Waals surface area contributed by atoms with Crippen LogP contribution in [0.2, 0.25) is 0 Å². The highest BCUT2D eigenvalue weighted by Crippen LogP contribution is 2.20. The molecule has 0 aliphatic carbocycles. The summed E-state index contributed by atoms with van der Waals surface area (Å²) in [6, 6.07) is 8.72. The largest absolute Gasteiger partial charge is 0.346 e. The number of nitrogens with zero attached hydrogens (tertiary/aromatic N) is 3. The molecule has 1 aromatic rings. The van der Waals surface area contributed by atoms with Crippen LogP contribution in [0.15, 0.2) is 24.3 Å². The molecule has 25 heavy (non-hydrogen) atoms. The van der Waals surface area contributed by atoms with Gasteiger partial charge in [-0.25, -0.2) is 4.79 Å². The zero-order valence-corrected chi connectivity index (χ0v) is 15.0. The summed E-state index contributed by atoms with van der Waals surface area (Å²) in [7, 11) is 1.86. The smallest absolute Gasteiger partial charge is 0.321 e. The number of amides is 3. The molecule has 6 nitrogen and oxygen atoms in total. The number of piperidine rings is 1. The van der Waals surface area contributed by atoms with Crippen LogP contribution in [0.3, 0.4) is 0 Å². The number of anilines is 1. The number of unbranched alkanes of at least 4 members (excludes halogenated alkanes) is 1. The van der Waals surface area contributed by atoms with Crippen molar-refractivity contribution >= 4 is 17.6 Å². The Balaban J connectivity index is 1.83. The first-order chi connectivity index (χ1) is 12.0. The lowest BCUT2D eigenvalue weighted by Gasteiger charge is -2.33. The molecule has 0 aromatic heterocycles. The third kappa shape index (κ3) is 5.21. The van der Waals surface area contributed by atoms with Crippen molar-refractivity contribution < 1.29 is 9.59 Å². The third-order valence-electron chi connectivity index (χ3n) is 4.60. The molecule has 134 valence electrons. The minimum absolute atomic E-state index is 0.00724. The normalized spacial score (nSPS) is 14.7. The standard InChI is InChI=1S/C19H26N4O2/c1-3-4-10-22(2)18(24)16-8-11-23(12-9-16)19(25)21-17-7-5-6-15(13-17)14-20/h5-7,13,16H,3-4,8-12H2,1-2H3,(H,21,25). The maximum absolute atomic E-state index is 12.4. The van der Waals surface area contributed by atoms with Crippen LogP contribution in [-0.4, -0.2) is 48.4 Å². The summed E-state index contributed by atoms with van der Waals surface area (Å²) in [5, 5.41) is 11.7. The first-order valence-electron chi connectivity index (χ1n) is 8.86. The van der Waals surface area contributed by atoms with Crippen LogP contribution >= 0.6 is 0 Å². The number of carbonyl (C=O) groups excluding carboxylic acids is 2. The first kappa shape index (κ1) is 18.8. The molecule has 6 heteroatoms. The number of hydrogen-bond acceptors (Lipinski definition) is 3. The molecule has 1 aromatic carbocycles. The predicted molar refractivity (Wildman–Crippen MR) is 97.0 cm³/mol. The van der Waals surface area contributed by atoms with Crippen LogP contribution in [0.4, 0.5) is 10.5 Å². The van der Waals surface area contributed by atoms with E-state index in [0.29, 0.717) is 37.2 Å². The van der Waals surface area contributed by atoms with E-state index in [2.05, 4.69) is 18.3 Å². The van der Waals surface area contributed by atoms with Crippen molar-refractivity contribution in [1.82, 2.24) is 9.80 Å². The molecule has 0 radical (unpaired) electrons. The van der Waals surface area contributed by atoms with Gasteiger partial charge in [0.25, 0.3) is 0 Å². The Bertz CT molecular complexity index is 645. The van der Waals surface area contributed by atoms with Gasteiger partial charge in [-0.1, -0.05) is 19.4 Å². The average molecular weight is 342 g/mol. The highest BCUT2D eigenvalue weighted by molar-refractivity contribution is 5.89. The lowest BCUT2D eigenvalue weighted by Crippen LogP contribution is -2.45. The summed E-state index contributed by atoms with van der Waals surface area (Å²) >= 11 is 0. The van der Waals surface area contributed by atoms with Gasteiger partial charge in [0.15, 0.2) is 0 Å². The molecular weight excluding hydrogens is 316 g/mol. The van der Waals surface area contributed by atoms with E-state index in [4.69, 9.17) is 5.26 Å². The van der Waals surface area contributed by atoms with Crippen LogP contribution in [0.5, 0.6) is 0 Å². The zero-order chi connectivity index (χ0) is 18.2. The van der Waals surface area contributed by atoms with Crippen molar-refractivity contribution in [2.45, 2.75) is 32.6 Å². The van der Waals surface area contributed by atoms with Crippen molar-refractivity contribution in [2.24, 2.45) is 5.92 Å². The van der Waals surface area contributed by atoms with E-state index in [-0.39, 0.29) is 17.9 Å². The number of likely N-dealkylation sites (tertiary alicyclic amines) is 1. The van der Waals surface area contributed by atoms with Crippen molar-refractivity contribution in [3.8, 4) is 6.07 Å². The monoisotopic (exact) mass is 342 g/mol. The van der Waals surface area contributed by atoms with Gasteiger partial charge in [-0.15, -0.1) is 0 Å². The van der Waals surface area contributed by atoms with Crippen LogP contribution in [-0.2, 0) is 4.79 Å². The molecule has 1 aliphatic rings. The van der Waals surface area contributed by atoms with Crippen LogP contribution in [0.1, 0.15) is 38.2 Å². The van der Waals surface area contributed by atoms with Gasteiger partial charge in [-0.05, 0) is 37.5 Å². The second-order valence-corrected chi connectivity index (χ2v) is 6.50. The summed E-state index contributed by atoms with van der Waals surface area (Å²) in [6.07, 6.45) is 3.48. The first-order valence-corrected chi connectivity index (χ1v) is 8.86. The molecule has 1 N–H and O–H groups in total. The van der Waals surface area contributed by atoms with Crippen LogP contribution in [0.25, 0.3) is 0 Å². The molecule has 2 rings (SSSR count). The number of rotatable bonds is 5. The Kier molecular flexibility index (Phi) is 6.81. The van der Waals surface area contributed by atoms with E-state index in [0.717, 1.165) is 19.4 Å². The molecule has 1 saturated heterocycles. The Morgan fingerprint density at radius 1 is 1.36 bits per heavy atom. The highest BCUT2D eigenvalue weighted by Gasteiger charge is 2.28. The Morgan fingerprint density at radius 3 is 2.72 bits per heavy atom. The molecule has 0 atom stereocenters. The summed E-state index contributed by atoms with van der Waals surface area (Å²) in [6.45, 7) is 4.05. The molecular formula is C19H26N4O2. The van der Waals surface area contributed by atoms with Crippen molar-refractivity contribution in [2.75, 3.05) is 32.0 Å². The number of urea groups is 1. The van der Waals surface area contributed by atoms with E-state index in [1.54, 1.807) is 29.2 Å². The van der Waals surface area contributed by atoms with E-state index < -0.39 is 0 Å². The fourth-order valence-corrected chi connectivity index (χ4v) is 3.02. The summed E-state index contributed by atoms with van der Waals surface area (Å²) in [5.41, 5.74) is 1.12. The molecule has 1 heterocycles. The number of carbonyl (C=O) groups is 2. The molecule has 1 aliphatic heterocycles. The van der Waals surface area contributed by atoms with E-state index in [1.807, 2.05) is 11.9 Å². The second-order valence-electron chi connectivity index (χ2n) is 6.50. The van der Waals surface area contributed by atoms with Crippen molar-refractivity contribution in [1.29, 1.82) is 5.26 Å². The van der Waals surface area contributed by atoms with Crippen molar-refractivity contribution in [3.05, 3.63) is 29.8 Å². The van der Waals surface area contributed by atoms with E-state index >= 15 is 0 Å². The van der Waals surface area contributed by atoms with Crippen molar-refractivity contribution in [3.63, 3.8) is 0 Å². The number of benzene rings is 1. The van der Waals surface area contributed by atoms with Crippen LogP contribution < -0.4 is 5.32 Å². The zero-order valence-electron chi connectivity index (χ0n) is 15.0. The van der Waals surface area contributed by atoms with Crippen LogP contribution in [0, 0.1) is 17.2 Å². The molecule has 0 bridgehead atoms. The quantitative estimate of drug-likeness (QED) is 0.893. The van der Waals surface area contributed by atoms with Gasteiger partial charge >= 0.3 is 6.03 Å². The maximum atomic E-state index is 12.4.